The Labute approximate surface area is 268 Å². The Balaban J connectivity index is 1.49. The van der Waals surface area contributed by atoms with Crippen LogP contribution in [0.5, 0.6) is 5.75 Å². The number of benzene rings is 2. The summed E-state index contributed by atoms with van der Waals surface area (Å²) in [6.07, 6.45) is 8.43. The number of halogens is 1. The summed E-state index contributed by atoms with van der Waals surface area (Å²) in [5.74, 6) is 1.61. The number of esters is 1. The standard InChI is InChI=1S/C37H50ClNO5/c1-24(15-17-40)18-25(2)34(42-6)30-12-9-28(30)21-39-22-37(16-7-8-26-19-29(38)11-13-31(26)37)23-43-33-14-10-27(20-32(33)39)35(41)44-36(3,4)5/h10-11,13-14,18-20,24,28,30,34,40H,7-9,12,15-17,21-23H2,1-6H3/b25-18+/t24?,28-,30+,34-,37-/m0/s1. The topological polar surface area (TPSA) is 68.2 Å². The maximum atomic E-state index is 13.2. The van der Waals surface area contributed by atoms with E-state index in [1.165, 1.54) is 16.7 Å². The fourth-order valence-corrected chi connectivity index (χ4v) is 7.80. The summed E-state index contributed by atoms with van der Waals surface area (Å²) < 4.78 is 18.5. The number of hydrogen-bond donors (Lipinski definition) is 1. The first kappa shape index (κ1) is 32.8. The number of carbonyl (C=O) groups excluding carboxylic acids is 1. The fourth-order valence-electron chi connectivity index (χ4n) is 7.61. The SMILES string of the molecule is CO[C@@H](/C(C)=C/C(C)CCO)[C@@H]1CC[C@H]1CN1C[C@@]2(CCCc3cc(Cl)ccc32)COc2ccc(C(=O)OC(C)(C)C)cc21. The van der Waals surface area contributed by atoms with E-state index in [4.69, 9.17) is 25.8 Å². The molecule has 1 fully saturated rings. The number of carbonyl (C=O) groups is 1. The molecule has 1 spiro atoms. The molecule has 0 bridgehead atoms. The van der Waals surface area contributed by atoms with Crippen LogP contribution < -0.4 is 9.64 Å². The van der Waals surface area contributed by atoms with Gasteiger partial charge in [-0.25, -0.2) is 4.79 Å². The predicted molar refractivity (Wildman–Crippen MR) is 177 cm³/mol. The van der Waals surface area contributed by atoms with Crippen molar-refractivity contribution in [3.05, 3.63) is 69.8 Å². The van der Waals surface area contributed by atoms with Crippen LogP contribution in [-0.2, 0) is 21.3 Å². The first-order valence-electron chi connectivity index (χ1n) is 16.3. The smallest absolute Gasteiger partial charge is 0.338 e. The second-order valence-corrected chi connectivity index (χ2v) is 14.8. The maximum absolute atomic E-state index is 13.2. The first-order chi connectivity index (χ1) is 20.9. The minimum Gasteiger partial charge on any atom is -0.490 e. The van der Waals surface area contributed by atoms with Crippen LogP contribution in [0.3, 0.4) is 0 Å². The Bertz CT molecular complexity index is 1370. The summed E-state index contributed by atoms with van der Waals surface area (Å²) in [6.45, 7) is 12.4. The van der Waals surface area contributed by atoms with Crippen molar-refractivity contribution >= 4 is 23.3 Å². The zero-order valence-corrected chi connectivity index (χ0v) is 28.1. The lowest BCUT2D eigenvalue weighted by Crippen LogP contribution is -2.50. The van der Waals surface area contributed by atoms with Gasteiger partial charge in [-0.1, -0.05) is 30.7 Å². The van der Waals surface area contributed by atoms with E-state index in [9.17, 15) is 9.90 Å². The Morgan fingerprint density at radius 2 is 2.02 bits per heavy atom. The molecule has 1 heterocycles. The van der Waals surface area contributed by atoms with Crippen molar-refractivity contribution in [2.24, 2.45) is 17.8 Å². The maximum Gasteiger partial charge on any atom is 0.338 e. The molecule has 0 radical (unpaired) electrons. The van der Waals surface area contributed by atoms with Gasteiger partial charge in [0.15, 0.2) is 0 Å². The molecule has 0 amide bonds. The van der Waals surface area contributed by atoms with Gasteiger partial charge in [0.25, 0.3) is 0 Å². The predicted octanol–water partition coefficient (Wildman–Crippen LogP) is 7.77. The van der Waals surface area contributed by atoms with Gasteiger partial charge < -0.3 is 24.2 Å². The molecule has 2 aliphatic carbocycles. The highest BCUT2D eigenvalue weighted by Crippen LogP contribution is 2.47. The van der Waals surface area contributed by atoms with Crippen molar-refractivity contribution in [1.82, 2.24) is 0 Å². The van der Waals surface area contributed by atoms with Crippen LogP contribution in [0.15, 0.2) is 48.0 Å². The number of aliphatic hydroxyl groups excluding tert-OH is 1. The second-order valence-electron chi connectivity index (χ2n) is 14.3. The Hall–Kier alpha value is -2.54. The normalized spacial score (nSPS) is 24.8. The quantitative estimate of drug-likeness (QED) is 0.227. The lowest BCUT2D eigenvalue weighted by atomic mass is 9.67. The highest BCUT2D eigenvalue weighted by molar-refractivity contribution is 6.30. The minimum absolute atomic E-state index is 0.0391. The minimum atomic E-state index is -0.578. The van der Waals surface area contributed by atoms with E-state index in [2.05, 4.69) is 37.0 Å². The number of anilines is 1. The third-order valence-electron chi connectivity index (χ3n) is 9.83. The number of rotatable bonds is 9. The van der Waals surface area contributed by atoms with Crippen LogP contribution in [0.1, 0.15) is 88.2 Å². The van der Waals surface area contributed by atoms with Gasteiger partial charge in [-0.05, 0) is 131 Å². The summed E-state index contributed by atoms with van der Waals surface area (Å²) >= 11 is 6.45. The molecule has 5 rings (SSSR count). The van der Waals surface area contributed by atoms with E-state index < -0.39 is 5.60 Å². The van der Waals surface area contributed by atoms with Crippen LogP contribution in [-0.4, -0.2) is 56.2 Å². The van der Waals surface area contributed by atoms with Gasteiger partial charge in [0.1, 0.15) is 11.4 Å². The summed E-state index contributed by atoms with van der Waals surface area (Å²) in [5.41, 5.74) is 4.61. The number of methoxy groups -OCH3 is 1. The number of aliphatic hydroxyl groups is 1. The van der Waals surface area contributed by atoms with Crippen molar-refractivity contribution in [1.29, 1.82) is 0 Å². The molecule has 1 unspecified atom stereocenters. The van der Waals surface area contributed by atoms with Crippen molar-refractivity contribution < 1.29 is 24.1 Å². The molecule has 6 nitrogen and oxygen atoms in total. The Kier molecular flexibility index (Phi) is 10.0. The molecule has 2 aromatic carbocycles. The van der Waals surface area contributed by atoms with Gasteiger partial charge in [-0.3, -0.25) is 0 Å². The third kappa shape index (κ3) is 7.13. The Morgan fingerprint density at radius 1 is 1.23 bits per heavy atom. The van der Waals surface area contributed by atoms with Crippen molar-refractivity contribution in [2.75, 3.05) is 38.3 Å². The molecule has 1 N–H and O–H groups in total. The number of aryl methyl sites for hydroxylation is 1. The molecule has 5 atom stereocenters. The lowest BCUT2D eigenvalue weighted by Gasteiger charge is -2.46. The van der Waals surface area contributed by atoms with Crippen molar-refractivity contribution in [3.8, 4) is 5.75 Å². The molecule has 1 saturated carbocycles. The monoisotopic (exact) mass is 623 g/mol. The van der Waals surface area contributed by atoms with Gasteiger partial charge in [0.2, 0.25) is 0 Å². The average molecular weight is 624 g/mol. The van der Waals surface area contributed by atoms with E-state index in [1.54, 1.807) is 0 Å². The molecule has 2 aromatic rings. The molecular weight excluding hydrogens is 574 g/mol. The second kappa shape index (κ2) is 13.4. The van der Waals surface area contributed by atoms with Gasteiger partial charge >= 0.3 is 5.97 Å². The first-order valence-corrected chi connectivity index (χ1v) is 16.7. The number of nitrogens with zero attached hydrogens (tertiary/aromatic N) is 1. The van der Waals surface area contributed by atoms with Crippen LogP contribution in [0.4, 0.5) is 5.69 Å². The van der Waals surface area contributed by atoms with Crippen LogP contribution in [0.2, 0.25) is 5.02 Å². The zero-order chi connectivity index (χ0) is 31.6. The molecule has 44 heavy (non-hydrogen) atoms. The van der Waals surface area contributed by atoms with Gasteiger partial charge in [0, 0.05) is 37.2 Å². The van der Waals surface area contributed by atoms with Crippen LogP contribution in [0.25, 0.3) is 0 Å². The fraction of sp³-hybridized carbons (Fsp3) is 0.595. The van der Waals surface area contributed by atoms with E-state index >= 15 is 0 Å². The largest absolute Gasteiger partial charge is 0.490 e. The highest BCUT2D eigenvalue weighted by atomic mass is 35.5. The molecule has 3 aliphatic rings. The van der Waals surface area contributed by atoms with E-state index in [0.717, 1.165) is 68.1 Å². The van der Waals surface area contributed by atoms with E-state index in [1.807, 2.05) is 52.1 Å². The average Bonchev–Trinajstić information content (AvgIpc) is 3.09. The van der Waals surface area contributed by atoms with E-state index in [0.29, 0.717) is 29.9 Å². The zero-order valence-electron chi connectivity index (χ0n) is 27.3. The number of hydrogen-bond acceptors (Lipinski definition) is 6. The number of ether oxygens (including phenoxy) is 3. The van der Waals surface area contributed by atoms with Crippen LogP contribution in [0, 0.1) is 17.8 Å². The molecule has 7 heteroatoms. The highest BCUT2D eigenvalue weighted by Gasteiger charge is 2.45. The molecule has 0 aromatic heterocycles. The van der Waals surface area contributed by atoms with Crippen LogP contribution >= 0.6 is 11.6 Å². The molecule has 1 aliphatic heterocycles. The van der Waals surface area contributed by atoms with Crippen molar-refractivity contribution in [3.63, 3.8) is 0 Å². The summed E-state index contributed by atoms with van der Waals surface area (Å²) in [6, 6.07) is 12.1. The summed E-state index contributed by atoms with van der Waals surface area (Å²) in [4.78, 5) is 15.7. The molecule has 240 valence electrons. The van der Waals surface area contributed by atoms with E-state index in [-0.39, 0.29) is 24.1 Å². The van der Waals surface area contributed by atoms with Gasteiger partial charge in [-0.15, -0.1) is 0 Å². The third-order valence-corrected chi connectivity index (χ3v) is 10.1. The van der Waals surface area contributed by atoms with Crippen molar-refractivity contribution in [2.45, 2.75) is 90.3 Å². The Morgan fingerprint density at radius 3 is 2.70 bits per heavy atom. The molecular formula is C37H50ClNO5. The van der Waals surface area contributed by atoms with Gasteiger partial charge in [-0.2, -0.15) is 0 Å². The number of fused-ring (bicyclic) bond motifs is 3. The lowest BCUT2D eigenvalue weighted by molar-refractivity contribution is 0.00597. The van der Waals surface area contributed by atoms with Gasteiger partial charge in [0.05, 0.1) is 24.0 Å². The summed E-state index contributed by atoms with van der Waals surface area (Å²) in [5, 5.41) is 10.2. The number of allylic oxidation sites excluding steroid dienone is 1. The summed E-state index contributed by atoms with van der Waals surface area (Å²) in [7, 11) is 1.81. The molecule has 0 saturated heterocycles.